The quantitative estimate of drug-likeness (QED) is 0.900. The van der Waals surface area contributed by atoms with Gasteiger partial charge in [0, 0.05) is 31.5 Å². The third-order valence-corrected chi connectivity index (χ3v) is 6.07. The Morgan fingerprint density at radius 3 is 2.96 bits per heavy atom. The number of carbonyl (C=O) groups is 2. The van der Waals surface area contributed by atoms with Crippen molar-refractivity contribution in [3.63, 3.8) is 0 Å². The van der Waals surface area contributed by atoms with Crippen LogP contribution in [0.4, 0.5) is 0 Å². The van der Waals surface area contributed by atoms with E-state index in [1.807, 2.05) is 24.3 Å². The van der Waals surface area contributed by atoms with Crippen molar-refractivity contribution in [1.29, 1.82) is 0 Å². The fraction of sp³-hybridized carbons (Fsp3) is 0.579. The summed E-state index contributed by atoms with van der Waals surface area (Å²) in [4.78, 5) is 26.5. The number of hydrogen-bond acceptors (Lipinski definition) is 4. The van der Waals surface area contributed by atoms with E-state index in [0.29, 0.717) is 32.7 Å². The summed E-state index contributed by atoms with van der Waals surface area (Å²) < 4.78 is 10.7. The molecule has 4 atom stereocenters. The number of methoxy groups -OCH3 is 1. The van der Waals surface area contributed by atoms with Crippen LogP contribution in [-0.4, -0.2) is 55.3 Å². The number of carboxylic acid groups (broad SMARTS) is 1. The molecule has 1 aromatic rings. The highest BCUT2D eigenvalue weighted by molar-refractivity contribution is 5.85. The molecule has 0 aromatic heterocycles. The third kappa shape index (κ3) is 2.68. The lowest BCUT2D eigenvalue weighted by Crippen LogP contribution is -2.45. The van der Waals surface area contributed by atoms with Gasteiger partial charge in [0.25, 0.3) is 0 Å². The Hall–Kier alpha value is -2.08. The molecule has 0 radical (unpaired) electrons. The number of carbonyl (C=O) groups excluding carboxylic acids is 1. The first-order valence-corrected chi connectivity index (χ1v) is 8.79. The van der Waals surface area contributed by atoms with Crippen LogP contribution < -0.4 is 4.74 Å². The van der Waals surface area contributed by atoms with Gasteiger partial charge < -0.3 is 19.5 Å². The maximum atomic E-state index is 12.9. The number of carboxylic acids is 1. The molecule has 25 heavy (non-hydrogen) atoms. The molecule has 2 heterocycles. The normalized spacial score (nSPS) is 33.6. The molecule has 1 saturated carbocycles. The number of aliphatic carboxylic acids is 1. The first-order chi connectivity index (χ1) is 12.0. The predicted molar refractivity (Wildman–Crippen MR) is 89.4 cm³/mol. The summed E-state index contributed by atoms with van der Waals surface area (Å²) in [6.45, 7) is 1.70. The van der Waals surface area contributed by atoms with E-state index in [2.05, 4.69) is 0 Å². The lowest BCUT2D eigenvalue weighted by Gasteiger charge is -2.33. The number of amides is 1. The zero-order valence-corrected chi connectivity index (χ0v) is 14.3. The molecule has 6 nitrogen and oxygen atoms in total. The number of ether oxygens (including phenoxy) is 2. The standard InChI is InChI=1S/C19H23NO5/c1-24-14-4-2-3-12(7-14)15-8-16(15)17(21)20-9-13-10-25-6-5-19(13,11-20)18(22)23/h2-4,7,13,15-16H,5-6,8-11H2,1H3,(H,22,23)/t13-,15?,16?,19+/m0/s1. The van der Waals surface area contributed by atoms with Gasteiger partial charge in [-0.1, -0.05) is 12.1 Å². The van der Waals surface area contributed by atoms with Crippen LogP contribution >= 0.6 is 0 Å². The topological polar surface area (TPSA) is 76.1 Å². The zero-order valence-electron chi connectivity index (χ0n) is 14.3. The molecular weight excluding hydrogens is 322 g/mol. The van der Waals surface area contributed by atoms with Gasteiger partial charge in [-0.05, 0) is 36.5 Å². The second-order valence-corrected chi connectivity index (χ2v) is 7.43. The molecule has 0 bridgehead atoms. The van der Waals surface area contributed by atoms with Gasteiger partial charge in [0.15, 0.2) is 0 Å². The summed E-state index contributed by atoms with van der Waals surface area (Å²) in [6, 6.07) is 7.84. The molecule has 2 unspecified atom stereocenters. The van der Waals surface area contributed by atoms with E-state index >= 15 is 0 Å². The van der Waals surface area contributed by atoms with E-state index in [1.54, 1.807) is 12.0 Å². The summed E-state index contributed by atoms with van der Waals surface area (Å²) >= 11 is 0. The first kappa shape index (κ1) is 16.4. The van der Waals surface area contributed by atoms with Gasteiger partial charge in [0.2, 0.25) is 5.91 Å². The molecule has 1 N–H and O–H groups in total. The minimum Gasteiger partial charge on any atom is -0.497 e. The minimum absolute atomic E-state index is 0.0426. The van der Waals surface area contributed by atoms with E-state index in [1.165, 1.54) is 0 Å². The van der Waals surface area contributed by atoms with E-state index in [4.69, 9.17) is 9.47 Å². The van der Waals surface area contributed by atoms with Gasteiger partial charge in [-0.2, -0.15) is 0 Å². The number of nitrogens with zero attached hydrogens (tertiary/aromatic N) is 1. The first-order valence-electron chi connectivity index (χ1n) is 8.79. The number of hydrogen-bond donors (Lipinski definition) is 1. The zero-order chi connectivity index (χ0) is 17.6. The van der Waals surface area contributed by atoms with E-state index in [0.717, 1.165) is 17.7 Å². The monoisotopic (exact) mass is 345 g/mol. The average Bonchev–Trinajstić information content (AvgIpc) is 3.33. The summed E-state index contributed by atoms with van der Waals surface area (Å²) in [5, 5.41) is 9.73. The Morgan fingerprint density at radius 1 is 1.40 bits per heavy atom. The maximum Gasteiger partial charge on any atom is 0.311 e. The largest absolute Gasteiger partial charge is 0.497 e. The van der Waals surface area contributed by atoms with Crippen molar-refractivity contribution in [2.45, 2.75) is 18.8 Å². The van der Waals surface area contributed by atoms with Crippen LogP contribution in [0.15, 0.2) is 24.3 Å². The van der Waals surface area contributed by atoms with Crippen molar-refractivity contribution in [3.05, 3.63) is 29.8 Å². The summed E-state index contributed by atoms with van der Waals surface area (Å²) in [5.74, 6) is 0.154. The highest BCUT2D eigenvalue weighted by atomic mass is 16.5. The molecule has 2 aliphatic heterocycles. The van der Waals surface area contributed by atoms with Crippen molar-refractivity contribution < 1.29 is 24.2 Å². The van der Waals surface area contributed by atoms with Crippen LogP contribution in [0.5, 0.6) is 5.75 Å². The van der Waals surface area contributed by atoms with Crippen molar-refractivity contribution >= 4 is 11.9 Å². The Balaban J connectivity index is 1.47. The lowest BCUT2D eigenvalue weighted by molar-refractivity contribution is -0.157. The van der Waals surface area contributed by atoms with Crippen molar-refractivity contribution in [3.8, 4) is 5.75 Å². The Bertz CT molecular complexity index is 705. The molecule has 1 aromatic carbocycles. The summed E-state index contributed by atoms with van der Waals surface area (Å²) in [6.07, 6.45) is 1.31. The molecule has 4 rings (SSSR count). The third-order valence-electron chi connectivity index (χ3n) is 6.07. The molecule has 0 spiro atoms. The fourth-order valence-corrected chi connectivity index (χ4v) is 4.41. The minimum atomic E-state index is -0.825. The van der Waals surface area contributed by atoms with Crippen LogP contribution in [0.1, 0.15) is 24.3 Å². The van der Waals surface area contributed by atoms with Gasteiger partial charge in [-0.25, -0.2) is 0 Å². The summed E-state index contributed by atoms with van der Waals surface area (Å²) in [7, 11) is 1.63. The number of benzene rings is 1. The molecular formula is C19H23NO5. The Morgan fingerprint density at radius 2 is 2.24 bits per heavy atom. The van der Waals surface area contributed by atoms with Crippen LogP contribution in [0.3, 0.4) is 0 Å². The van der Waals surface area contributed by atoms with Crippen LogP contribution in [0.2, 0.25) is 0 Å². The van der Waals surface area contributed by atoms with E-state index in [-0.39, 0.29) is 23.7 Å². The highest BCUT2D eigenvalue weighted by Gasteiger charge is 2.57. The molecule has 2 saturated heterocycles. The second kappa shape index (κ2) is 6.02. The van der Waals surface area contributed by atoms with Crippen molar-refractivity contribution in [1.82, 2.24) is 4.90 Å². The molecule has 1 aliphatic carbocycles. The smallest absolute Gasteiger partial charge is 0.311 e. The van der Waals surface area contributed by atoms with Gasteiger partial charge in [0.1, 0.15) is 5.75 Å². The summed E-state index contributed by atoms with van der Waals surface area (Å²) in [5.41, 5.74) is 0.291. The molecule has 3 aliphatic rings. The predicted octanol–water partition coefficient (Wildman–Crippen LogP) is 1.75. The number of fused-ring (bicyclic) bond motifs is 1. The van der Waals surface area contributed by atoms with Gasteiger partial charge in [-0.15, -0.1) is 0 Å². The van der Waals surface area contributed by atoms with Crippen molar-refractivity contribution in [2.24, 2.45) is 17.3 Å². The number of likely N-dealkylation sites (tertiary alicyclic amines) is 1. The maximum absolute atomic E-state index is 12.9. The van der Waals surface area contributed by atoms with E-state index < -0.39 is 11.4 Å². The van der Waals surface area contributed by atoms with Gasteiger partial charge >= 0.3 is 5.97 Å². The number of rotatable bonds is 4. The molecule has 1 amide bonds. The Labute approximate surface area is 146 Å². The second-order valence-electron chi connectivity index (χ2n) is 7.43. The SMILES string of the molecule is COc1cccc(C2CC2C(=O)N2C[C@H]3COCC[C@@]3(C(=O)O)C2)c1. The molecule has 3 fully saturated rings. The Kier molecular flexibility index (Phi) is 3.95. The van der Waals surface area contributed by atoms with E-state index in [9.17, 15) is 14.7 Å². The van der Waals surface area contributed by atoms with Crippen molar-refractivity contribution in [2.75, 3.05) is 33.4 Å². The lowest BCUT2D eigenvalue weighted by atomic mass is 9.74. The fourth-order valence-electron chi connectivity index (χ4n) is 4.41. The van der Waals surface area contributed by atoms with Gasteiger partial charge in [-0.3, -0.25) is 9.59 Å². The molecule has 134 valence electrons. The molecule has 6 heteroatoms. The highest BCUT2D eigenvalue weighted by Crippen LogP contribution is 2.51. The van der Waals surface area contributed by atoms with Crippen LogP contribution in [-0.2, 0) is 14.3 Å². The average molecular weight is 345 g/mol. The van der Waals surface area contributed by atoms with Crippen LogP contribution in [0.25, 0.3) is 0 Å². The van der Waals surface area contributed by atoms with Gasteiger partial charge in [0.05, 0.1) is 19.1 Å². The van der Waals surface area contributed by atoms with Crippen LogP contribution in [0, 0.1) is 17.3 Å².